The number of benzene rings is 2. The Kier molecular flexibility index (Phi) is 5.65. The summed E-state index contributed by atoms with van der Waals surface area (Å²) in [6, 6.07) is 22.3. The summed E-state index contributed by atoms with van der Waals surface area (Å²) in [5.74, 6) is 0.594. The largest absolute Gasteiger partial charge is 0.368 e. The van der Waals surface area contributed by atoms with Crippen LogP contribution in [0.4, 0.5) is 5.82 Å². The highest BCUT2D eigenvalue weighted by molar-refractivity contribution is 7.98. The summed E-state index contributed by atoms with van der Waals surface area (Å²) in [6.45, 7) is 0.706. The molecule has 0 radical (unpaired) electrons. The Bertz CT molecular complexity index is 873. The molecule has 1 N–H and O–H groups in total. The van der Waals surface area contributed by atoms with Crippen molar-refractivity contribution in [2.75, 3.05) is 18.1 Å². The highest BCUT2D eigenvalue weighted by Crippen LogP contribution is 2.28. The van der Waals surface area contributed by atoms with E-state index < -0.39 is 0 Å². The lowest BCUT2D eigenvalue weighted by molar-refractivity contribution is 0.939. The molecule has 0 aliphatic heterocycles. The Morgan fingerprint density at radius 2 is 1.68 bits per heavy atom. The quantitative estimate of drug-likeness (QED) is 0.530. The Balaban J connectivity index is 1.89. The zero-order valence-electron chi connectivity index (χ0n) is 13.9. The monoisotopic (exact) mass is 346 g/mol. The molecule has 0 saturated heterocycles. The maximum atomic E-state index is 9.66. The minimum Gasteiger partial charge on any atom is -0.368 e. The summed E-state index contributed by atoms with van der Waals surface area (Å²) in [5, 5.41) is 13.6. The number of hydrogen-bond acceptors (Lipinski definition) is 5. The normalized spacial score (nSPS) is 10.2. The van der Waals surface area contributed by atoms with Gasteiger partial charge in [0, 0.05) is 12.1 Å². The van der Waals surface area contributed by atoms with Gasteiger partial charge < -0.3 is 5.32 Å². The van der Waals surface area contributed by atoms with Crippen LogP contribution in [0.15, 0.2) is 65.8 Å². The summed E-state index contributed by atoms with van der Waals surface area (Å²) in [6.07, 6.45) is 2.80. The third-order valence-electron chi connectivity index (χ3n) is 3.78. The van der Waals surface area contributed by atoms with Crippen LogP contribution in [0.2, 0.25) is 0 Å². The van der Waals surface area contributed by atoms with E-state index in [4.69, 9.17) is 0 Å². The number of nitrogens with zero attached hydrogens (tertiary/aromatic N) is 3. The molecule has 3 rings (SSSR count). The second-order valence-corrected chi connectivity index (χ2v) is 6.20. The van der Waals surface area contributed by atoms with Crippen LogP contribution in [0, 0.1) is 11.3 Å². The van der Waals surface area contributed by atoms with Crippen molar-refractivity contribution in [3.8, 4) is 17.3 Å². The SMILES string of the molecule is CSc1nc(NCCc2ccccc2)c(C#N)c(-c2ccccc2)n1. The summed E-state index contributed by atoms with van der Waals surface area (Å²) in [7, 11) is 0. The van der Waals surface area contributed by atoms with Crippen LogP contribution in [0.3, 0.4) is 0 Å². The van der Waals surface area contributed by atoms with Crippen molar-refractivity contribution < 1.29 is 0 Å². The van der Waals surface area contributed by atoms with Gasteiger partial charge in [0.1, 0.15) is 17.5 Å². The van der Waals surface area contributed by atoms with E-state index in [0.29, 0.717) is 28.8 Å². The van der Waals surface area contributed by atoms with Crippen LogP contribution in [0.25, 0.3) is 11.3 Å². The van der Waals surface area contributed by atoms with Crippen molar-refractivity contribution in [1.82, 2.24) is 9.97 Å². The van der Waals surface area contributed by atoms with Gasteiger partial charge in [0.25, 0.3) is 0 Å². The highest BCUT2D eigenvalue weighted by atomic mass is 32.2. The first-order valence-electron chi connectivity index (χ1n) is 8.01. The second kappa shape index (κ2) is 8.32. The molecule has 0 spiro atoms. The van der Waals surface area contributed by atoms with Crippen LogP contribution in [-0.2, 0) is 6.42 Å². The van der Waals surface area contributed by atoms with Gasteiger partial charge >= 0.3 is 0 Å². The first-order valence-corrected chi connectivity index (χ1v) is 9.23. The van der Waals surface area contributed by atoms with Gasteiger partial charge in [0.05, 0.1) is 5.69 Å². The van der Waals surface area contributed by atoms with Crippen molar-refractivity contribution >= 4 is 17.6 Å². The van der Waals surface area contributed by atoms with Gasteiger partial charge in [-0.3, -0.25) is 0 Å². The van der Waals surface area contributed by atoms with E-state index in [0.717, 1.165) is 12.0 Å². The first-order chi connectivity index (χ1) is 12.3. The van der Waals surface area contributed by atoms with Crippen LogP contribution >= 0.6 is 11.8 Å². The molecule has 3 aromatic rings. The van der Waals surface area contributed by atoms with Crippen molar-refractivity contribution in [3.63, 3.8) is 0 Å². The third kappa shape index (κ3) is 4.17. The fraction of sp³-hybridized carbons (Fsp3) is 0.150. The Morgan fingerprint density at radius 3 is 2.32 bits per heavy atom. The average molecular weight is 346 g/mol. The van der Waals surface area contributed by atoms with Gasteiger partial charge in [0.2, 0.25) is 0 Å². The number of thioether (sulfide) groups is 1. The van der Waals surface area contributed by atoms with Gasteiger partial charge in [-0.25, -0.2) is 9.97 Å². The van der Waals surface area contributed by atoms with Crippen LogP contribution in [0.1, 0.15) is 11.1 Å². The van der Waals surface area contributed by atoms with Gasteiger partial charge in [-0.1, -0.05) is 72.4 Å². The molecule has 0 aliphatic carbocycles. The molecule has 1 aromatic heterocycles. The van der Waals surface area contributed by atoms with E-state index in [1.165, 1.54) is 17.3 Å². The molecule has 0 unspecified atom stereocenters. The van der Waals surface area contributed by atoms with Gasteiger partial charge in [-0.05, 0) is 18.2 Å². The molecule has 5 heteroatoms. The lowest BCUT2D eigenvalue weighted by Crippen LogP contribution is -2.10. The lowest BCUT2D eigenvalue weighted by Gasteiger charge is -2.12. The van der Waals surface area contributed by atoms with Gasteiger partial charge in [-0.15, -0.1) is 0 Å². The fourth-order valence-corrected chi connectivity index (χ4v) is 2.91. The topological polar surface area (TPSA) is 61.6 Å². The predicted molar refractivity (Wildman–Crippen MR) is 103 cm³/mol. The molecular weight excluding hydrogens is 328 g/mol. The van der Waals surface area contributed by atoms with Crippen LogP contribution < -0.4 is 5.32 Å². The molecule has 2 aromatic carbocycles. The van der Waals surface area contributed by atoms with E-state index >= 15 is 0 Å². The minimum absolute atomic E-state index is 0.483. The summed E-state index contributed by atoms with van der Waals surface area (Å²) in [4.78, 5) is 9.05. The smallest absolute Gasteiger partial charge is 0.189 e. The number of aromatic nitrogens is 2. The molecule has 0 amide bonds. The van der Waals surface area contributed by atoms with Gasteiger partial charge in [-0.2, -0.15) is 5.26 Å². The van der Waals surface area contributed by atoms with E-state index in [9.17, 15) is 5.26 Å². The van der Waals surface area contributed by atoms with E-state index in [1.54, 1.807) is 0 Å². The standard InChI is InChI=1S/C20H18N4S/c1-25-20-23-18(16-10-6-3-7-11-16)17(14-21)19(24-20)22-13-12-15-8-4-2-5-9-15/h2-11H,12-13H2,1H3,(H,22,23,24). The Labute approximate surface area is 152 Å². The van der Waals surface area contributed by atoms with Gasteiger partial charge in [0.15, 0.2) is 5.16 Å². The second-order valence-electron chi connectivity index (χ2n) is 5.42. The highest BCUT2D eigenvalue weighted by Gasteiger charge is 2.15. The third-order valence-corrected chi connectivity index (χ3v) is 4.33. The maximum absolute atomic E-state index is 9.66. The number of hydrogen-bond donors (Lipinski definition) is 1. The van der Waals surface area contributed by atoms with Crippen molar-refractivity contribution in [2.45, 2.75) is 11.6 Å². The molecule has 124 valence electrons. The Morgan fingerprint density at radius 1 is 1.00 bits per heavy atom. The minimum atomic E-state index is 0.483. The van der Waals surface area contributed by atoms with Crippen molar-refractivity contribution in [1.29, 1.82) is 5.26 Å². The first kappa shape index (κ1) is 17.0. The molecule has 25 heavy (non-hydrogen) atoms. The number of nitrogens with one attached hydrogen (secondary N) is 1. The van der Waals surface area contributed by atoms with E-state index in [2.05, 4.69) is 33.5 Å². The fourth-order valence-electron chi connectivity index (χ4n) is 2.54. The van der Waals surface area contributed by atoms with Crippen molar-refractivity contribution in [3.05, 3.63) is 71.8 Å². The zero-order chi connectivity index (χ0) is 17.5. The molecule has 4 nitrogen and oxygen atoms in total. The van der Waals surface area contributed by atoms with E-state index in [1.807, 2.05) is 54.8 Å². The van der Waals surface area contributed by atoms with E-state index in [-0.39, 0.29) is 0 Å². The molecule has 0 bridgehead atoms. The maximum Gasteiger partial charge on any atom is 0.189 e. The summed E-state index contributed by atoms with van der Waals surface area (Å²) < 4.78 is 0. The molecule has 0 fully saturated rings. The molecule has 0 saturated carbocycles. The average Bonchev–Trinajstić information content (AvgIpc) is 2.69. The predicted octanol–water partition coefficient (Wildman–Crippen LogP) is 4.39. The molecule has 1 heterocycles. The molecule has 0 aliphatic rings. The summed E-state index contributed by atoms with van der Waals surface area (Å²) in [5.41, 5.74) is 3.32. The molecule has 0 atom stereocenters. The number of rotatable bonds is 6. The van der Waals surface area contributed by atoms with Crippen molar-refractivity contribution in [2.24, 2.45) is 0 Å². The van der Waals surface area contributed by atoms with Crippen LogP contribution in [0.5, 0.6) is 0 Å². The number of anilines is 1. The summed E-state index contributed by atoms with van der Waals surface area (Å²) >= 11 is 1.47. The Hall–Kier alpha value is -2.84. The zero-order valence-corrected chi connectivity index (χ0v) is 14.8. The molecular formula is C20H18N4S. The van der Waals surface area contributed by atoms with Crippen LogP contribution in [-0.4, -0.2) is 22.8 Å². The number of nitriles is 1. The lowest BCUT2D eigenvalue weighted by atomic mass is 10.1.